The van der Waals surface area contributed by atoms with Crippen molar-refractivity contribution < 1.29 is 0 Å². The molecular formula is C9H14N4. The second-order valence-electron chi connectivity index (χ2n) is 4.03. The molecule has 4 nitrogen and oxygen atoms in total. The molecule has 0 aromatic carbocycles. The monoisotopic (exact) mass is 178 g/mol. The number of hydrogen-bond donors (Lipinski definition) is 2. The van der Waals surface area contributed by atoms with Gasteiger partial charge in [-0.3, -0.25) is 0 Å². The van der Waals surface area contributed by atoms with Crippen LogP contribution in [0.25, 0.3) is 0 Å². The fourth-order valence-electron chi connectivity index (χ4n) is 1.95. The van der Waals surface area contributed by atoms with Gasteiger partial charge in [-0.1, -0.05) is 0 Å². The van der Waals surface area contributed by atoms with Gasteiger partial charge in [-0.15, -0.1) is 0 Å². The van der Waals surface area contributed by atoms with E-state index in [-0.39, 0.29) is 6.04 Å². The Kier molecular flexibility index (Phi) is 1.41. The second-order valence-corrected chi connectivity index (χ2v) is 4.03. The summed E-state index contributed by atoms with van der Waals surface area (Å²) >= 11 is 0. The zero-order valence-corrected chi connectivity index (χ0v) is 7.53. The van der Waals surface area contributed by atoms with Crippen molar-refractivity contribution in [1.82, 2.24) is 9.55 Å². The highest BCUT2D eigenvalue weighted by Gasteiger charge is 2.30. The maximum atomic E-state index is 5.89. The molecule has 0 bridgehead atoms. The van der Waals surface area contributed by atoms with E-state index in [4.69, 9.17) is 5.73 Å². The van der Waals surface area contributed by atoms with E-state index in [9.17, 15) is 0 Å². The van der Waals surface area contributed by atoms with Gasteiger partial charge in [0.05, 0.1) is 6.20 Å². The molecule has 13 heavy (non-hydrogen) atoms. The van der Waals surface area contributed by atoms with Gasteiger partial charge in [0, 0.05) is 30.7 Å². The predicted octanol–water partition coefficient (Wildman–Crippen LogP) is 0.513. The van der Waals surface area contributed by atoms with Gasteiger partial charge in [0.2, 0.25) is 5.95 Å². The van der Waals surface area contributed by atoms with Gasteiger partial charge in [-0.05, 0) is 12.8 Å². The van der Waals surface area contributed by atoms with Crippen LogP contribution in [0.2, 0.25) is 0 Å². The Bertz CT molecular complexity index is 326. The molecular weight excluding hydrogens is 164 g/mol. The Hall–Kier alpha value is -1.03. The molecule has 0 radical (unpaired) electrons. The number of hydrogen-bond acceptors (Lipinski definition) is 3. The maximum Gasteiger partial charge on any atom is 0.203 e. The zero-order valence-electron chi connectivity index (χ0n) is 7.53. The van der Waals surface area contributed by atoms with Crippen molar-refractivity contribution in [3.8, 4) is 0 Å². The molecule has 3 N–H and O–H groups in total. The van der Waals surface area contributed by atoms with Crippen LogP contribution in [0.1, 0.15) is 24.5 Å². The molecule has 1 saturated carbocycles. The molecule has 0 saturated heterocycles. The topological polar surface area (TPSA) is 55.9 Å². The van der Waals surface area contributed by atoms with Crippen LogP contribution in [0, 0.1) is 0 Å². The average molecular weight is 178 g/mol. The molecule has 70 valence electrons. The number of nitrogens with two attached hydrogens (primary N) is 1. The van der Waals surface area contributed by atoms with Gasteiger partial charge >= 0.3 is 0 Å². The number of nitrogens with one attached hydrogen (secondary N) is 1. The number of nitrogens with zero attached hydrogens (tertiary/aromatic N) is 2. The van der Waals surface area contributed by atoms with Crippen LogP contribution in [-0.2, 0) is 6.54 Å². The molecule has 0 spiro atoms. The Morgan fingerprint density at radius 3 is 3.15 bits per heavy atom. The summed E-state index contributed by atoms with van der Waals surface area (Å²) in [5, 5.41) is 3.24. The van der Waals surface area contributed by atoms with Crippen molar-refractivity contribution in [2.75, 3.05) is 11.9 Å². The third-order valence-corrected chi connectivity index (χ3v) is 2.82. The van der Waals surface area contributed by atoms with Crippen LogP contribution < -0.4 is 11.1 Å². The normalized spacial score (nSPS) is 26.7. The minimum atomic E-state index is 0.235. The van der Waals surface area contributed by atoms with Crippen molar-refractivity contribution in [1.29, 1.82) is 0 Å². The highest BCUT2D eigenvalue weighted by Crippen LogP contribution is 2.41. The molecule has 2 aliphatic rings. The fraction of sp³-hybridized carbons (Fsp3) is 0.667. The average Bonchev–Trinajstić information content (AvgIpc) is 2.87. The summed E-state index contributed by atoms with van der Waals surface area (Å²) < 4.78 is 2.24. The minimum absolute atomic E-state index is 0.235. The highest BCUT2D eigenvalue weighted by molar-refractivity contribution is 5.34. The SMILES string of the molecule is NC1CNc2ncc(C3CC3)n2C1. The van der Waals surface area contributed by atoms with Gasteiger partial charge < -0.3 is 15.6 Å². The van der Waals surface area contributed by atoms with Gasteiger partial charge in [0.15, 0.2) is 0 Å². The molecule has 0 amide bonds. The quantitative estimate of drug-likeness (QED) is 0.659. The van der Waals surface area contributed by atoms with Crippen LogP contribution >= 0.6 is 0 Å². The summed E-state index contributed by atoms with van der Waals surface area (Å²) in [6.07, 6.45) is 4.64. The lowest BCUT2D eigenvalue weighted by molar-refractivity contribution is 0.528. The Labute approximate surface area is 77.1 Å². The highest BCUT2D eigenvalue weighted by atomic mass is 15.2. The van der Waals surface area contributed by atoms with Crippen LogP contribution in [-0.4, -0.2) is 22.1 Å². The van der Waals surface area contributed by atoms with Gasteiger partial charge in [0.25, 0.3) is 0 Å². The molecule has 1 aromatic rings. The molecule has 4 heteroatoms. The van der Waals surface area contributed by atoms with Crippen molar-refractivity contribution in [3.05, 3.63) is 11.9 Å². The number of fused-ring (bicyclic) bond motifs is 1. The fourth-order valence-corrected chi connectivity index (χ4v) is 1.95. The van der Waals surface area contributed by atoms with Crippen LogP contribution in [0.4, 0.5) is 5.95 Å². The van der Waals surface area contributed by atoms with E-state index in [0.717, 1.165) is 25.0 Å². The molecule has 1 atom stereocenters. The molecule has 2 heterocycles. The lowest BCUT2D eigenvalue weighted by atomic mass is 10.2. The third-order valence-electron chi connectivity index (χ3n) is 2.82. The first kappa shape index (κ1) is 7.38. The van der Waals surface area contributed by atoms with Crippen molar-refractivity contribution >= 4 is 5.95 Å². The van der Waals surface area contributed by atoms with Crippen LogP contribution in [0.5, 0.6) is 0 Å². The summed E-state index contributed by atoms with van der Waals surface area (Å²) in [6.45, 7) is 1.77. The lowest BCUT2D eigenvalue weighted by Gasteiger charge is -2.23. The van der Waals surface area contributed by atoms with E-state index in [1.807, 2.05) is 6.20 Å². The second kappa shape index (κ2) is 2.48. The molecule has 1 fully saturated rings. The van der Waals surface area contributed by atoms with Gasteiger partial charge in [0.1, 0.15) is 0 Å². The first-order valence-corrected chi connectivity index (χ1v) is 4.89. The van der Waals surface area contributed by atoms with E-state index in [0.29, 0.717) is 0 Å². The summed E-state index contributed by atoms with van der Waals surface area (Å²) in [4.78, 5) is 4.35. The smallest absolute Gasteiger partial charge is 0.203 e. The van der Waals surface area contributed by atoms with Gasteiger partial charge in [-0.25, -0.2) is 4.98 Å². The number of rotatable bonds is 1. The Morgan fingerprint density at radius 1 is 1.54 bits per heavy atom. The van der Waals surface area contributed by atoms with Crippen LogP contribution in [0.15, 0.2) is 6.20 Å². The predicted molar refractivity (Wildman–Crippen MR) is 50.7 cm³/mol. The third kappa shape index (κ3) is 1.13. The first-order valence-electron chi connectivity index (χ1n) is 4.89. The van der Waals surface area contributed by atoms with Gasteiger partial charge in [-0.2, -0.15) is 0 Å². The summed E-state index contributed by atoms with van der Waals surface area (Å²) in [5.41, 5.74) is 7.26. The summed E-state index contributed by atoms with van der Waals surface area (Å²) in [5.74, 6) is 1.76. The van der Waals surface area contributed by atoms with Crippen molar-refractivity contribution in [3.63, 3.8) is 0 Å². The zero-order chi connectivity index (χ0) is 8.84. The Balaban J connectivity index is 1.99. The minimum Gasteiger partial charge on any atom is -0.354 e. The molecule has 1 aliphatic carbocycles. The number of aromatic nitrogens is 2. The largest absolute Gasteiger partial charge is 0.354 e. The molecule has 1 unspecified atom stereocenters. The van der Waals surface area contributed by atoms with Crippen LogP contribution in [0.3, 0.4) is 0 Å². The number of anilines is 1. The van der Waals surface area contributed by atoms with Crippen molar-refractivity contribution in [2.24, 2.45) is 5.73 Å². The maximum absolute atomic E-state index is 5.89. The summed E-state index contributed by atoms with van der Waals surface area (Å²) in [6, 6.07) is 0.235. The lowest BCUT2D eigenvalue weighted by Crippen LogP contribution is -2.38. The molecule has 1 aromatic heterocycles. The van der Waals surface area contributed by atoms with E-state index in [1.54, 1.807) is 0 Å². The summed E-state index contributed by atoms with van der Waals surface area (Å²) in [7, 11) is 0. The van der Waals surface area contributed by atoms with E-state index < -0.39 is 0 Å². The van der Waals surface area contributed by atoms with E-state index >= 15 is 0 Å². The molecule has 3 rings (SSSR count). The number of imidazole rings is 1. The van der Waals surface area contributed by atoms with E-state index in [2.05, 4.69) is 14.9 Å². The standard InChI is InChI=1S/C9H14N4/c10-7-3-11-9-12-4-8(6-1-2-6)13(9)5-7/h4,6-7H,1-3,5,10H2,(H,11,12). The van der Waals surface area contributed by atoms with Crippen molar-refractivity contribution in [2.45, 2.75) is 31.3 Å². The molecule has 1 aliphatic heterocycles. The Morgan fingerprint density at radius 2 is 2.38 bits per heavy atom. The van der Waals surface area contributed by atoms with E-state index in [1.165, 1.54) is 18.5 Å². The first-order chi connectivity index (χ1) is 6.34.